The van der Waals surface area contributed by atoms with Gasteiger partial charge in [0.1, 0.15) is 12.6 Å². The van der Waals surface area contributed by atoms with Gasteiger partial charge in [0.25, 0.3) is 10.0 Å². The van der Waals surface area contributed by atoms with E-state index in [0.29, 0.717) is 6.54 Å². The van der Waals surface area contributed by atoms with Crippen LogP contribution in [0.1, 0.15) is 31.4 Å². The molecule has 0 saturated heterocycles. The Morgan fingerprint density at radius 2 is 1.55 bits per heavy atom. The molecule has 0 aromatic heterocycles. The van der Waals surface area contributed by atoms with Crippen LogP contribution in [0.3, 0.4) is 0 Å². The van der Waals surface area contributed by atoms with Crippen LogP contribution < -0.4 is 9.62 Å². The van der Waals surface area contributed by atoms with E-state index in [1.807, 2.05) is 44.2 Å². The molecule has 202 valence electrons. The molecule has 0 aliphatic carbocycles. The normalized spacial score (nSPS) is 12.0. The number of hydrogen-bond donors (Lipinski definition) is 1. The van der Waals surface area contributed by atoms with Crippen LogP contribution >= 0.6 is 23.2 Å². The van der Waals surface area contributed by atoms with Crippen molar-refractivity contribution < 1.29 is 18.0 Å². The summed E-state index contributed by atoms with van der Waals surface area (Å²) in [5.41, 5.74) is 1.83. The zero-order chi connectivity index (χ0) is 27.9. The van der Waals surface area contributed by atoms with Crippen molar-refractivity contribution in [2.75, 3.05) is 17.4 Å². The zero-order valence-corrected chi connectivity index (χ0v) is 23.9. The Morgan fingerprint density at radius 1 is 0.947 bits per heavy atom. The van der Waals surface area contributed by atoms with Gasteiger partial charge in [-0.15, -0.1) is 0 Å². The molecule has 0 spiro atoms. The lowest BCUT2D eigenvalue weighted by Gasteiger charge is -2.32. The molecule has 0 aliphatic rings. The fourth-order valence-corrected chi connectivity index (χ4v) is 5.72. The van der Waals surface area contributed by atoms with Crippen molar-refractivity contribution >= 4 is 50.7 Å². The van der Waals surface area contributed by atoms with Crippen molar-refractivity contribution in [2.24, 2.45) is 0 Å². The number of nitrogens with one attached hydrogen (secondary N) is 1. The van der Waals surface area contributed by atoms with Crippen molar-refractivity contribution in [3.63, 3.8) is 0 Å². The Hall–Kier alpha value is -3.07. The summed E-state index contributed by atoms with van der Waals surface area (Å²) < 4.78 is 28.6. The molecular formula is C28H31Cl2N3O4S. The van der Waals surface area contributed by atoms with Crippen LogP contribution in [-0.2, 0) is 26.2 Å². The number of carbonyl (C=O) groups is 2. The van der Waals surface area contributed by atoms with Gasteiger partial charge in [-0.2, -0.15) is 0 Å². The van der Waals surface area contributed by atoms with Gasteiger partial charge >= 0.3 is 0 Å². The Morgan fingerprint density at radius 3 is 2.13 bits per heavy atom. The number of nitrogens with zero attached hydrogens (tertiary/aromatic N) is 2. The molecule has 7 nitrogen and oxygen atoms in total. The van der Waals surface area contributed by atoms with Crippen molar-refractivity contribution in [1.82, 2.24) is 10.2 Å². The first-order chi connectivity index (χ1) is 18.0. The van der Waals surface area contributed by atoms with Crippen molar-refractivity contribution in [1.29, 1.82) is 0 Å². The monoisotopic (exact) mass is 575 g/mol. The van der Waals surface area contributed by atoms with Gasteiger partial charge in [-0.25, -0.2) is 8.42 Å². The Kier molecular flexibility index (Phi) is 10.2. The molecule has 2 amide bonds. The second-order valence-corrected chi connectivity index (χ2v) is 11.7. The van der Waals surface area contributed by atoms with E-state index >= 15 is 0 Å². The summed E-state index contributed by atoms with van der Waals surface area (Å²) in [6.07, 6.45) is 0.739. The van der Waals surface area contributed by atoms with E-state index in [2.05, 4.69) is 5.32 Å². The highest BCUT2D eigenvalue weighted by molar-refractivity contribution is 7.92. The molecule has 10 heteroatoms. The number of benzene rings is 3. The molecule has 0 fully saturated rings. The first-order valence-electron chi connectivity index (χ1n) is 12.2. The van der Waals surface area contributed by atoms with E-state index in [1.165, 1.54) is 35.2 Å². The summed E-state index contributed by atoms with van der Waals surface area (Å²) in [6, 6.07) is 19.0. The van der Waals surface area contributed by atoms with Gasteiger partial charge in [-0.1, -0.05) is 78.2 Å². The van der Waals surface area contributed by atoms with E-state index in [4.69, 9.17) is 23.2 Å². The summed E-state index contributed by atoms with van der Waals surface area (Å²) in [5.74, 6) is -0.880. The van der Waals surface area contributed by atoms with Crippen LogP contribution in [-0.4, -0.2) is 44.3 Å². The van der Waals surface area contributed by atoms with Crippen molar-refractivity contribution in [2.45, 2.75) is 44.7 Å². The number of anilines is 1. The molecule has 3 rings (SSSR count). The topological polar surface area (TPSA) is 86.8 Å². The Labute approximate surface area is 234 Å². The fraction of sp³-hybridized carbons (Fsp3) is 0.286. The molecule has 1 atom stereocenters. The first kappa shape index (κ1) is 29.5. The number of sulfonamides is 1. The van der Waals surface area contributed by atoms with Gasteiger partial charge in [-0.05, 0) is 56.2 Å². The minimum atomic E-state index is -4.20. The van der Waals surface area contributed by atoms with Crippen LogP contribution in [0.4, 0.5) is 5.69 Å². The van der Waals surface area contributed by atoms with E-state index in [9.17, 15) is 18.0 Å². The second-order valence-electron chi connectivity index (χ2n) is 8.93. The highest BCUT2D eigenvalue weighted by Gasteiger charge is 2.32. The lowest BCUT2D eigenvalue weighted by atomic mass is 10.1. The zero-order valence-electron chi connectivity index (χ0n) is 21.5. The quantitative estimate of drug-likeness (QED) is 0.330. The third-order valence-corrected chi connectivity index (χ3v) is 8.16. The number of rotatable bonds is 11. The minimum Gasteiger partial charge on any atom is -0.354 e. The molecule has 0 saturated carbocycles. The molecule has 0 radical (unpaired) electrons. The predicted octanol–water partition coefficient (Wildman–Crippen LogP) is 5.44. The Balaban J connectivity index is 2.04. The highest BCUT2D eigenvalue weighted by Crippen LogP contribution is 2.30. The Bertz CT molecular complexity index is 1350. The average Bonchev–Trinajstić information content (AvgIpc) is 2.88. The molecular weight excluding hydrogens is 545 g/mol. The lowest BCUT2D eigenvalue weighted by Crippen LogP contribution is -2.51. The maximum absolute atomic E-state index is 13.8. The lowest BCUT2D eigenvalue weighted by molar-refractivity contribution is -0.139. The van der Waals surface area contributed by atoms with Crippen LogP contribution in [0, 0.1) is 6.92 Å². The molecule has 38 heavy (non-hydrogen) atoms. The average molecular weight is 577 g/mol. The van der Waals surface area contributed by atoms with Crippen LogP contribution in [0.5, 0.6) is 0 Å². The summed E-state index contributed by atoms with van der Waals surface area (Å²) in [6.45, 7) is 5.43. The summed E-state index contributed by atoms with van der Waals surface area (Å²) in [5, 5.41) is 3.25. The van der Waals surface area contributed by atoms with Gasteiger partial charge in [0.15, 0.2) is 0 Å². The first-order valence-corrected chi connectivity index (χ1v) is 14.4. The minimum absolute atomic E-state index is 0.00958. The van der Waals surface area contributed by atoms with Gasteiger partial charge in [-0.3, -0.25) is 13.9 Å². The van der Waals surface area contributed by atoms with E-state index in [-0.39, 0.29) is 33.1 Å². The summed E-state index contributed by atoms with van der Waals surface area (Å²) in [4.78, 5) is 28.1. The molecule has 0 heterocycles. The number of carbonyl (C=O) groups excluding carboxylic acids is 2. The molecule has 0 bridgehead atoms. The van der Waals surface area contributed by atoms with Crippen LogP contribution in [0.15, 0.2) is 77.7 Å². The maximum atomic E-state index is 13.8. The molecule has 3 aromatic carbocycles. The molecule has 1 N–H and O–H groups in total. The van der Waals surface area contributed by atoms with Gasteiger partial charge < -0.3 is 10.2 Å². The number of halogens is 2. The number of aryl methyl sites for hydroxylation is 1. The smallest absolute Gasteiger partial charge is 0.264 e. The molecule has 0 aliphatic heterocycles. The van der Waals surface area contributed by atoms with Crippen LogP contribution in [0.2, 0.25) is 10.0 Å². The SMILES string of the molecule is CCCNC(=O)[C@H](C)N(Cc1ccccc1)C(=O)CN(c1cc(Cl)cc(Cl)c1)S(=O)(=O)c1ccc(C)cc1. The number of amides is 2. The maximum Gasteiger partial charge on any atom is 0.264 e. The largest absolute Gasteiger partial charge is 0.354 e. The molecule has 0 unspecified atom stereocenters. The standard InChI is InChI=1S/C28H31Cl2N3O4S/c1-4-14-31-28(35)21(3)32(18-22-8-6-5-7-9-22)27(34)19-33(25-16-23(29)15-24(30)17-25)38(36,37)26-12-10-20(2)11-13-26/h5-13,15-17,21H,4,14,18-19H2,1-3H3,(H,31,35)/t21-/m0/s1. The van der Waals surface area contributed by atoms with E-state index in [1.54, 1.807) is 19.1 Å². The van der Waals surface area contributed by atoms with Crippen LogP contribution in [0.25, 0.3) is 0 Å². The second kappa shape index (κ2) is 13.1. The number of hydrogen-bond acceptors (Lipinski definition) is 4. The van der Waals surface area contributed by atoms with Gasteiger partial charge in [0.2, 0.25) is 11.8 Å². The fourth-order valence-electron chi connectivity index (χ4n) is 3.81. The van der Waals surface area contributed by atoms with E-state index in [0.717, 1.165) is 21.9 Å². The summed E-state index contributed by atoms with van der Waals surface area (Å²) >= 11 is 12.4. The van der Waals surface area contributed by atoms with Gasteiger partial charge in [0, 0.05) is 23.1 Å². The predicted molar refractivity (Wildman–Crippen MR) is 152 cm³/mol. The van der Waals surface area contributed by atoms with Crippen molar-refractivity contribution in [3.8, 4) is 0 Å². The van der Waals surface area contributed by atoms with Crippen molar-refractivity contribution in [3.05, 3.63) is 94.0 Å². The summed E-state index contributed by atoms with van der Waals surface area (Å²) in [7, 11) is -4.20. The molecule has 3 aromatic rings. The van der Waals surface area contributed by atoms with Gasteiger partial charge in [0.05, 0.1) is 10.6 Å². The third-order valence-electron chi connectivity index (χ3n) is 5.94. The van der Waals surface area contributed by atoms with E-state index < -0.39 is 28.5 Å². The third kappa shape index (κ3) is 7.49. The highest BCUT2D eigenvalue weighted by atomic mass is 35.5.